The lowest BCUT2D eigenvalue weighted by molar-refractivity contribution is 0.384. The number of azide groups is 1. The molecule has 88 valence electrons. The molecule has 0 heterocycles. The van der Waals surface area contributed by atoms with Crippen LogP contribution in [0.1, 0.15) is 0 Å². The fourth-order valence-corrected chi connectivity index (χ4v) is 7.21. The van der Waals surface area contributed by atoms with Gasteiger partial charge in [-0.25, -0.2) is 0 Å². The van der Waals surface area contributed by atoms with Gasteiger partial charge in [0.05, 0.1) is 0 Å². The SMILES string of the molecule is C[Si](C)(C)OP(=O)(N=[N+]=[N-])O[Si](C)(C)C. The summed E-state index contributed by atoms with van der Waals surface area (Å²) in [6.07, 6.45) is 0. The lowest BCUT2D eigenvalue weighted by Gasteiger charge is -2.27. The Morgan fingerprint density at radius 1 is 1.07 bits per heavy atom. The molecule has 0 aliphatic heterocycles. The van der Waals surface area contributed by atoms with Crippen molar-refractivity contribution in [1.29, 1.82) is 0 Å². The quantitative estimate of drug-likeness (QED) is 0.247. The molecule has 0 aliphatic carbocycles. The molecule has 0 unspecified atom stereocenters. The van der Waals surface area contributed by atoms with Crippen molar-refractivity contribution in [2.45, 2.75) is 39.3 Å². The van der Waals surface area contributed by atoms with Gasteiger partial charge in [-0.15, -0.1) is 0 Å². The van der Waals surface area contributed by atoms with Gasteiger partial charge in [0, 0.05) is 9.80 Å². The highest BCUT2D eigenvalue weighted by Gasteiger charge is 2.35. The normalized spacial score (nSPS) is 13.5. The number of hydrogen-bond donors (Lipinski definition) is 0. The van der Waals surface area contributed by atoms with Crippen LogP contribution in [0.5, 0.6) is 0 Å². The van der Waals surface area contributed by atoms with Gasteiger partial charge in [0.25, 0.3) is 0 Å². The Balaban J connectivity index is 4.93. The fourth-order valence-electron chi connectivity index (χ4n) is 0.796. The smallest absolute Gasteiger partial charge is 0.347 e. The first kappa shape index (κ1) is 14.9. The van der Waals surface area contributed by atoms with E-state index in [1.165, 1.54) is 0 Å². The molecule has 0 rings (SSSR count). The maximum atomic E-state index is 12.0. The van der Waals surface area contributed by atoms with Crippen molar-refractivity contribution in [2.24, 2.45) is 4.88 Å². The molecule has 0 bridgehead atoms. The van der Waals surface area contributed by atoms with E-state index >= 15 is 0 Å². The largest absolute Gasteiger partial charge is 0.401 e. The van der Waals surface area contributed by atoms with Crippen LogP contribution >= 0.6 is 7.75 Å². The molecule has 0 aromatic heterocycles. The van der Waals surface area contributed by atoms with Gasteiger partial charge in [-0.05, 0) is 44.8 Å². The highest BCUT2D eigenvalue weighted by molar-refractivity contribution is 7.55. The van der Waals surface area contributed by atoms with E-state index < -0.39 is 24.4 Å². The number of rotatable bonds is 5. The molecule has 6 nitrogen and oxygen atoms in total. The van der Waals surface area contributed by atoms with Crippen LogP contribution in [0.15, 0.2) is 4.88 Å². The highest BCUT2D eigenvalue weighted by atomic mass is 31.2. The third kappa shape index (κ3) is 7.78. The fraction of sp³-hybridized carbons (Fsp3) is 1.00. The summed E-state index contributed by atoms with van der Waals surface area (Å²) in [6, 6.07) is 0. The summed E-state index contributed by atoms with van der Waals surface area (Å²) < 4.78 is 22.7. The van der Waals surface area contributed by atoms with Gasteiger partial charge in [0.2, 0.25) is 0 Å². The average Bonchev–Trinajstić information content (AvgIpc) is 1.74. The topological polar surface area (TPSA) is 84.3 Å². The minimum atomic E-state index is -3.63. The second-order valence-electron chi connectivity index (χ2n) is 5.05. The molecule has 0 aromatic carbocycles. The molecule has 0 radical (unpaired) electrons. The molecule has 9 heteroatoms. The maximum absolute atomic E-state index is 12.0. The van der Waals surface area contributed by atoms with Gasteiger partial charge in [0.15, 0.2) is 16.6 Å². The van der Waals surface area contributed by atoms with Crippen LogP contribution in [0.25, 0.3) is 10.4 Å². The van der Waals surface area contributed by atoms with Crippen molar-refractivity contribution < 1.29 is 13.0 Å². The van der Waals surface area contributed by atoms with E-state index in [1.54, 1.807) is 0 Å². The molecular formula is C6H18N3O3PSi2. The molecule has 0 amide bonds. The molecular weight excluding hydrogens is 249 g/mol. The van der Waals surface area contributed by atoms with E-state index in [9.17, 15) is 4.57 Å². The molecule has 0 atom stereocenters. The first-order valence-corrected chi connectivity index (χ1v) is 12.9. The zero-order valence-corrected chi connectivity index (χ0v) is 12.9. The predicted molar refractivity (Wildman–Crippen MR) is 65.6 cm³/mol. The van der Waals surface area contributed by atoms with Gasteiger partial charge in [-0.3, -0.25) is 4.57 Å². The lowest BCUT2D eigenvalue weighted by atomic mass is 11.8. The zero-order chi connectivity index (χ0) is 12.3. The van der Waals surface area contributed by atoms with E-state index in [0.29, 0.717) is 0 Å². The van der Waals surface area contributed by atoms with Crippen LogP contribution in [0.3, 0.4) is 0 Å². The Kier molecular flexibility index (Phi) is 4.78. The predicted octanol–water partition coefficient (Wildman–Crippen LogP) is 4.11. The van der Waals surface area contributed by atoms with Crippen LogP contribution in [0.2, 0.25) is 39.3 Å². The maximum Gasteiger partial charge on any atom is 0.401 e. The molecule has 0 saturated heterocycles. The summed E-state index contributed by atoms with van der Waals surface area (Å²) in [5.74, 6) is 0. The van der Waals surface area contributed by atoms with Crippen LogP contribution in [-0.2, 0) is 13.0 Å². The van der Waals surface area contributed by atoms with Crippen LogP contribution < -0.4 is 0 Å². The van der Waals surface area contributed by atoms with Crippen LogP contribution in [0.4, 0.5) is 0 Å². The van der Waals surface area contributed by atoms with Crippen LogP contribution in [-0.4, -0.2) is 16.6 Å². The van der Waals surface area contributed by atoms with E-state index in [-0.39, 0.29) is 0 Å². The van der Waals surface area contributed by atoms with Gasteiger partial charge in [0.1, 0.15) is 0 Å². The Morgan fingerprint density at radius 3 is 1.60 bits per heavy atom. The summed E-state index contributed by atoms with van der Waals surface area (Å²) in [7, 11) is -7.75. The molecule has 0 saturated carbocycles. The standard InChI is InChI=1S/C6H18N3O3PSi2/c1-14(2,3)11-13(10,9-8-7)12-15(4,5)6/h1-6H3. The van der Waals surface area contributed by atoms with E-state index in [4.69, 9.17) is 14.0 Å². The van der Waals surface area contributed by atoms with Crippen molar-refractivity contribution >= 4 is 24.4 Å². The summed E-state index contributed by atoms with van der Waals surface area (Å²) in [4.78, 5) is 5.72. The summed E-state index contributed by atoms with van der Waals surface area (Å²) in [5.41, 5.74) is 8.35. The van der Waals surface area contributed by atoms with E-state index in [2.05, 4.69) is 9.80 Å². The second-order valence-corrected chi connectivity index (χ2v) is 16.1. The molecule has 0 spiro atoms. The van der Waals surface area contributed by atoms with Gasteiger partial charge >= 0.3 is 7.75 Å². The van der Waals surface area contributed by atoms with Crippen molar-refractivity contribution in [2.75, 3.05) is 0 Å². The highest BCUT2D eigenvalue weighted by Crippen LogP contribution is 2.54. The first-order chi connectivity index (χ1) is 6.47. The first-order valence-electron chi connectivity index (χ1n) is 4.56. The molecule has 0 N–H and O–H groups in total. The van der Waals surface area contributed by atoms with Crippen molar-refractivity contribution in [3.8, 4) is 0 Å². The number of hydrogen-bond acceptors (Lipinski definition) is 3. The lowest BCUT2D eigenvalue weighted by Crippen LogP contribution is -2.29. The van der Waals surface area contributed by atoms with Gasteiger partial charge in [-0.1, -0.05) is 0 Å². The van der Waals surface area contributed by atoms with Crippen LogP contribution in [0, 0.1) is 0 Å². The summed E-state index contributed by atoms with van der Waals surface area (Å²) in [5, 5.41) is 0. The Hall–Kier alpha value is -0.106. The molecule has 0 fully saturated rings. The van der Waals surface area contributed by atoms with E-state index in [0.717, 1.165) is 0 Å². The molecule has 15 heavy (non-hydrogen) atoms. The second kappa shape index (κ2) is 4.82. The Labute approximate surface area is 92.5 Å². The minimum absolute atomic E-state index is 1.86. The average molecular weight is 267 g/mol. The van der Waals surface area contributed by atoms with Crippen molar-refractivity contribution in [3.05, 3.63) is 10.4 Å². The monoisotopic (exact) mass is 267 g/mol. The Bertz CT molecular complexity index is 297. The zero-order valence-electron chi connectivity index (χ0n) is 10.0. The van der Waals surface area contributed by atoms with Crippen molar-refractivity contribution in [1.82, 2.24) is 0 Å². The Morgan fingerprint density at radius 2 is 1.40 bits per heavy atom. The van der Waals surface area contributed by atoms with Gasteiger partial charge in [-0.2, -0.15) is 0 Å². The van der Waals surface area contributed by atoms with Crippen molar-refractivity contribution in [3.63, 3.8) is 0 Å². The molecule has 0 aliphatic rings. The summed E-state index contributed by atoms with van der Waals surface area (Å²) in [6.45, 7) is 11.2. The van der Waals surface area contributed by atoms with Gasteiger partial charge < -0.3 is 8.43 Å². The minimum Gasteiger partial charge on any atom is -0.347 e. The molecule has 0 aromatic rings. The van der Waals surface area contributed by atoms with E-state index in [1.807, 2.05) is 39.3 Å². The third-order valence-corrected chi connectivity index (χ3v) is 7.45. The summed E-state index contributed by atoms with van der Waals surface area (Å²) >= 11 is 0. The third-order valence-electron chi connectivity index (χ3n) is 0.928. The number of nitrogens with zero attached hydrogens (tertiary/aromatic N) is 3.